The molecule has 122 valence electrons. The standard InChI is InChI=1S/C18H21BrN2O2/c1-13-10-15(6-7-17(13)19)21-12-18(22)20-9-8-14-4-3-5-16(11-14)23-2/h3-7,10-11,21H,8-9,12H2,1-2H3,(H,20,22). The second-order valence-electron chi connectivity index (χ2n) is 5.27. The molecule has 0 radical (unpaired) electrons. The van der Waals surface area contributed by atoms with Gasteiger partial charge in [-0.15, -0.1) is 0 Å². The molecule has 2 N–H and O–H groups in total. The smallest absolute Gasteiger partial charge is 0.239 e. The maximum Gasteiger partial charge on any atom is 0.239 e. The molecule has 0 aliphatic heterocycles. The van der Waals surface area contributed by atoms with E-state index in [9.17, 15) is 4.79 Å². The molecule has 0 spiro atoms. The number of benzene rings is 2. The number of hydrogen-bond acceptors (Lipinski definition) is 3. The van der Waals surface area contributed by atoms with E-state index in [1.807, 2.05) is 49.4 Å². The zero-order valence-electron chi connectivity index (χ0n) is 13.4. The van der Waals surface area contributed by atoms with Crippen LogP contribution in [0.1, 0.15) is 11.1 Å². The third-order valence-electron chi connectivity index (χ3n) is 3.48. The fraction of sp³-hybridized carbons (Fsp3) is 0.278. The molecule has 0 fully saturated rings. The third-order valence-corrected chi connectivity index (χ3v) is 4.37. The molecular formula is C18H21BrN2O2. The van der Waals surface area contributed by atoms with Crippen LogP contribution in [0.25, 0.3) is 0 Å². The first-order valence-electron chi connectivity index (χ1n) is 7.48. The molecule has 0 saturated carbocycles. The highest BCUT2D eigenvalue weighted by molar-refractivity contribution is 9.10. The van der Waals surface area contributed by atoms with Crippen LogP contribution in [0.15, 0.2) is 46.9 Å². The Morgan fingerprint density at radius 1 is 1.22 bits per heavy atom. The summed E-state index contributed by atoms with van der Waals surface area (Å²) in [6.45, 7) is 2.88. The first-order chi connectivity index (χ1) is 11.1. The first kappa shape index (κ1) is 17.3. The molecule has 0 unspecified atom stereocenters. The van der Waals surface area contributed by atoms with Crippen LogP contribution >= 0.6 is 15.9 Å². The summed E-state index contributed by atoms with van der Waals surface area (Å²) in [5.74, 6) is 0.814. The summed E-state index contributed by atoms with van der Waals surface area (Å²) in [5.41, 5.74) is 3.21. The highest BCUT2D eigenvalue weighted by Gasteiger charge is 2.03. The average Bonchev–Trinajstić information content (AvgIpc) is 2.56. The van der Waals surface area contributed by atoms with Gasteiger partial charge in [0, 0.05) is 16.7 Å². The lowest BCUT2D eigenvalue weighted by Crippen LogP contribution is -2.31. The van der Waals surface area contributed by atoms with Crippen molar-refractivity contribution in [3.8, 4) is 5.75 Å². The zero-order chi connectivity index (χ0) is 16.7. The highest BCUT2D eigenvalue weighted by Crippen LogP contribution is 2.19. The van der Waals surface area contributed by atoms with E-state index in [1.165, 1.54) is 0 Å². The Morgan fingerprint density at radius 2 is 2.04 bits per heavy atom. The number of rotatable bonds is 7. The van der Waals surface area contributed by atoms with Gasteiger partial charge in [0.1, 0.15) is 5.75 Å². The van der Waals surface area contributed by atoms with Gasteiger partial charge in [-0.1, -0.05) is 28.1 Å². The molecule has 0 aliphatic rings. The van der Waals surface area contributed by atoms with Crippen molar-refractivity contribution in [3.63, 3.8) is 0 Å². The number of halogens is 1. The predicted molar refractivity (Wildman–Crippen MR) is 97.1 cm³/mol. The predicted octanol–water partition coefficient (Wildman–Crippen LogP) is 3.54. The van der Waals surface area contributed by atoms with E-state index in [0.29, 0.717) is 6.54 Å². The Bertz CT molecular complexity index is 674. The molecule has 0 bridgehead atoms. The number of anilines is 1. The van der Waals surface area contributed by atoms with Gasteiger partial charge in [0.05, 0.1) is 13.7 Å². The summed E-state index contributed by atoms with van der Waals surface area (Å²) < 4.78 is 6.25. The van der Waals surface area contributed by atoms with Gasteiger partial charge in [0.25, 0.3) is 0 Å². The van der Waals surface area contributed by atoms with Crippen LogP contribution in [0.4, 0.5) is 5.69 Å². The van der Waals surface area contributed by atoms with E-state index in [-0.39, 0.29) is 12.5 Å². The van der Waals surface area contributed by atoms with E-state index in [4.69, 9.17) is 4.74 Å². The molecule has 0 aliphatic carbocycles. The second kappa shape index (κ2) is 8.58. The molecule has 2 aromatic rings. The van der Waals surface area contributed by atoms with Crippen LogP contribution in [0.5, 0.6) is 5.75 Å². The maximum atomic E-state index is 11.9. The number of ether oxygens (including phenoxy) is 1. The topological polar surface area (TPSA) is 50.4 Å². The van der Waals surface area contributed by atoms with Crippen LogP contribution in [-0.2, 0) is 11.2 Å². The van der Waals surface area contributed by atoms with Crippen LogP contribution in [0, 0.1) is 6.92 Å². The molecule has 0 heterocycles. The van der Waals surface area contributed by atoms with Crippen LogP contribution in [0.3, 0.4) is 0 Å². The van der Waals surface area contributed by atoms with Gasteiger partial charge < -0.3 is 15.4 Å². The fourth-order valence-electron chi connectivity index (χ4n) is 2.17. The summed E-state index contributed by atoms with van der Waals surface area (Å²) in [4.78, 5) is 11.9. The molecule has 0 aromatic heterocycles. The van der Waals surface area contributed by atoms with Gasteiger partial charge in [0.15, 0.2) is 0 Å². The minimum absolute atomic E-state index is 0.0199. The van der Waals surface area contributed by atoms with Crippen molar-refractivity contribution in [2.45, 2.75) is 13.3 Å². The number of nitrogens with one attached hydrogen (secondary N) is 2. The summed E-state index contributed by atoms with van der Waals surface area (Å²) in [7, 11) is 1.65. The molecule has 5 heteroatoms. The number of aryl methyl sites for hydroxylation is 1. The highest BCUT2D eigenvalue weighted by atomic mass is 79.9. The largest absolute Gasteiger partial charge is 0.497 e. The van der Waals surface area contributed by atoms with E-state index in [2.05, 4.69) is 26.6 Å². The van der Waals surface area contributed by atoms with Crippen molar-refractivity contribution in [3.05, 3.63) is 58.1 Å². The van der Waals surface area contributed by atoms with Gasteiger partial charge in [-0.05, 0) is 54.8 Å². The van der Waals surface area contributed by atoms with E-state index >= 15 is 0 Å². The number of carbonyl (C=O) groups is 1. The molecule has 0 atom stereocenters. The zero-order valence-corrected chi connectivity index (χ0v) is 14.9. The van der Waals surface area contributed by atoms with Crippen molar-refractivity contribution < 1.29 is 9.53 Å². The minimum Gasteiger partial charge on any atom is -0.497 e. The van der Waals surface area contributed by atoms with Crippen LogP contribution in [-0.4, -0.2) is 26.1 Å². The van der Waals surface area contributed by atoms with E-state index in [1.54, 1.807) is 7.11 Å². The lowest BCUT2D eigenvalue weighted by atomic mass is 10.1. The molecule has 0 saturated heterocycles. The van der Waals surface area contributed by atoms with E-state index < -0.39 is 0 Å². The van der Waals surface area contributed by atoms with Gasteiger partial charge in [0.2, 0.25) is 5.91 Å². The van der Waals surface area contributed by atoms with E-state index in [0.717, 1.165) is 33.5 Å². The van der Waals surface area contributed by atoms with Crippen molar-refractivity contribution >= 4 is 27.5 Å². The van der Waals surface area contributed by atoms with Gasteiger partial charge >= 0.3 is 0 Å². The Kier molecular flexibility index (Phi) is 6.47. The number of amides is 1. The summed E-state index contributed by atoms with van der Waals surface area (Å²) in [5, 5.41) is 6.04. The fourth-order valence-corrected chi connectivity index (χ4v) is 2.42. The summed E-state index contributed by atoms with van der Waals surface area (Å²) >= 11 is 3.46. The Balaban J connectivity index is 1.73. The van der Waals surface area contributed by atoms with Gasteiger partial charge in [-0.3, -0.25) is 4.79 Å². The maximum absolute atomic E-state index is 11.9. The average molecular weight is 377 g/mol. The molecule has 4 nitrogen and oxygen atoms in total. The van der Waals surface area contributed by atoms with Crippen molar-refractivity contribution in [2.24, 2.45) is 0 Å². The second-order valence-corrected chi connectivity index (χ2v) is 6.12. The van der Waals surface area contributed by atoms with Gasteiger partial charge in [-0.2, -0.15) is 0 Å². The molecule has 1 amide bonds. The normalized spacial score (nSPS) is 10.2. The number of hydrogen-bond donors (Lipinski definition) is 2. The molecular weight excluding hydrogens is 356 g/mol. The molecule has 2 aromatic carbocycles. The Labute approximate surface area is 145 Å². The van der Waals surface area contributed by atoms with Crippen molar-refractivity contribution in [2.75, 3.05) is 25.5 Å². The summed E-state index contributed by atoms with van der Waals surface area (Å²) in [6.07, 6.45) is 0.778. The third kappa shape index (κ3) is 5.60. The lowest BCUT2D eigenvalue weighted by Gasteiger charge is -2.09. The SMILES string of the molecule is COc1cccc(CCNC(=O)CNc2ccc(Br)c(C)c2)c1. The van der Waals surface area contributed by atoms with Crippen molar-refractivity contribution in [1.82, 2.24) is 5.32 Å². The monoisotopic (exact) mass is 376 g/mol. The molecule has 2 rings (SSSR count). The number of methoxy groups -OCH3 is 1. The molecule has 23 heavy (non-hydrogen) atoms. The minimum atomic E-state index is -0.0199. The Hall–Kier alpha value is -2.01. The van der Waals surface area contributed by atoms with Gasteiger partial charge in [-0.25, -0.2) is 0 Å². The quantitative estimate of drug-likeness (QED) is 0.776. The summed E-state index contributed by atoms with van der Waals surface area (Å²) in [6, 6.07) is 13.8. The van der Waals surface area contributed by atoms with Crippen molar-refractivity contribution in [1.29, 1.82) is 0 Å². The first-order valence-corrected chi connectivity index (χ1v) is 8.27. The van der Waals surface area contributed by atoms with Crippen LogP contribution in [0.2, 0.25) is 0 Å². The Morgan fingerprint density at radius 3 is 2.78 bits per heavy atom. The number of carbonyl (C=O) groups excluding carboxylic acids is 1. The lowest BCUT2D eigenvalue weighted by molar-refractivity contribution is -0.119. The van der Waals surface area contributed by atoms with Crippen LogP contribution < -0.4 is 15.4 Å².